The lowest BCUT2D eigenvalue weighted by Gasteiger charge is -2.11. The summed E-state index contributed by atoms with van der Waals surface area (Å²) in [6.07, 6.45) is 0.186. The molecule has 1 saturated heterocycles. The first-order chi connectivity index (χ1) is 10.0. The molecule has 1 atom stereocenters. The lowest BCUT2D eigenvalue weighted by atomic mass is 10.1. The Morgan fingerprint density at radius 2 is 2.24 bits per heavy atom. The third-order valence-corrected chi connectivity index (χ3v) is 4.97. The Labute approximate surface area is 127 Å². The minimum Gasteiger partial charge on any atom is -0.326 e. The van der Waals surface area contributed by atoms with E-state index in [2.05, 4.69) is 10.3 Å². The van der Waals surface area contributed by atoms with Crippen molar-refractivity contribution in [1.29, 1.82) is 0 Å². The number of nitrogens with one attached hydrogen (secondary N) is 1. The van der Waals surface area contributed by atoms with Gasteiger partial charge < -0.3 is 5.32 Å². The zero-order valence-corrected chi connectivity index (χ0v) is 12.9. The molecule has 1 aromatic rings. The minimum absolute atomic E-state index is 0.00601. The number of thioether (sulfide) groups is 1. The van der Waals surface area contributed by atoms with E-state index in [0.29, 0.717) is 13.1 Å². The molecule has 2 aliphatic rings. The molecule has 1 N–H and O–H groups in total. The monoisotopic (exact) mass is 303 g/mol. The van der Waals surface area contributed by atoms with Crippen LogP contribution in [0.3, 0.4) is 0 Å². The van der Waals surface area contributed by atoms with Crippen molar-refractivity contribution in [2.45, 2.75) is 25.5 Å². The molecule has 110 valence electrons. The maximum Gasteiger partial charge on any atom is 0.242 e. The van der Waals surface area contributed by atoms with Gasteiger partial charge in [0.25, 0.3) is 0 Å². The molecular formula is C15H17N3O2S. The van der Waals surface area contributed by atoms with Crippen LogP contribution in [0.15, 0.2) is 23.2 Å². The number of amidine groups is 1. The van der Waals surface area contributed by atoms with Gasteiger partial charge in [-0.05, 0) is 37.1 Å². The van der Waals surface area contributed by atoms with Crippen LogP contribution in [-0.2, 0) is 9.59 Å². The number of carbonyl (C=O) groups is 2. The summed E-state index contributed by atoms with van der Waals surface area (Å²) in [7, 11) is 0. The van der Waals surface area contributed by atoms with E-state index in [4.69, 9.17) is 0 Å². The highest BCUT2D eigenvalue weighted by molar-refractivity contribution is 8.15. The Kier molecular flexibility index (Phi) is 3.71. The number of amides is 2. The van der Waals surface area contributed by atoms with Crippen LogP contribution in [0.25, 0.3) is 0 Å². The molecule has 0 aromatic heterocycles. The molecule has 0 spiro atoms. The van der Waals surface area contributed by atoms with Gasteiger partial charge in [-0.1, -0.05) is 17.8 Å². The molecule has 1 fully saturated rings. The van der Waals surface area contributed by atoms with Crippen molar-refractivity contribution in [1.82, 2.24) is 4.90 Å². The predicted molar refractivity (Wildman–Crippen MR) is 84.6 cm³/mol. The highest BCUT2D eigenvalue weighted by atomic mass is 32.2. The number of benzene rings is 1. The molecule has 5 nitrogen and oxygen atoms in total. The fourth-order valence-electron chi connectivity index (χ4n) is 2.41. The lowest BCUT2D eigenvalue weighted by Crippen LogP contribution is -2.32. The van der Waals surface area contributed by atoms with E-state index in [1.165, 1.54) is 17.3 Å². The Morgan fingerprint density at radius 3 is 2.95 bits per heavy atom. The fourth-order valence-corrected chi connectivity index (χ4v) is 3.60. The smallest absolute Gasteiger partial charge is 0.242 e. The number of aryl methyl sites for hydroxylation is 2. The average Bonchev–Trinajstić information content (AvgIpc) is 2.99. The van der Waals surface area contributed by atoms with Crippen LogP contribution in [-0.4, -0.2) is 40.2 Å². The number of aliphatic imine (C=N–C) groups is 1. The highest BCUT2D eigenvalue weighted by Gasteiger charge is 2.40. The van der Waals surface area contributed by atoms with Gasteiger partial charge in [0.05, 0.1) is 6.54 Å². The van der Waals surface area contributed by atoms with Crippen molar-refractivity contribution in [3.05, 3.63) is 29.3 Å². The molecule has 0 aliphatic carbocycles. The van der Waals surface area contributed by atoms with Gasteiger partial charge in [-0.3, -0.25) is 19.5 Å². The third kappa shape index (κ3) is 2.81. The molecule has 0 unspecified atom stereocenters. The summed E-state index contributed by atoms with van der Waals surface area (Å²) in [5.41, 5.74) is 3.10. The molecular weight excluding hydrogens is 286 g/mol. The van der Waals surface area contributed by atoms with E-state index in [1.54, 1.807) is 4.90 Å². The molecule has 21 heavy (non-hydrogen) atoms. The van der Waals surface area contributed by atoms with E-state index in [-0.39, 0.29) is 23.5 Å². The molecule has 3 rings (SSSR count). The number of carbonyl (C=O) groups excluding carboxylic acids is 2. The molecule has 6 heteroatoms. The SMILES string of the molecule is Cc1ccc(NC(=O)C[C@H]2SC3=NCCN3C2=O)cc1C. The first kappa shape index (κ1) is 14.1. The fraction of sp³-hybridized carbons (Fsp3) is 0.400. The van der Waals surface area contributed by atoms with Gasteiger partial charge in [0, 0.05) is 18.7 Å². The van der Waals surface area contributed by atoms with E-state index in [1.807, 2.05) is 32.0 Å². The summed E-state index contributed by atoms with van der Waals surface area (Å²) in [5, 5.41) is 3.29. The first-order valence-electron chi connectivity index (χ1n) is 6.94. The lowest BCUT2D eigenvalue weighted by molar-refractivity contribution is -0.127. The maximum absolute atomic E-state index is 12.1. The van der Waals surface area contributed by atoms with Crippen LogP contribution >= 0.6 is 11.8 Å². The largest absolute Gasteiger partial charge is 0.326 e. The summed E-state index contributed by atoms with van der Waals surface area (Å²) >= 11 is 1.40. The van der Waals surface area contributed by atoms with Crippen molar-refractivity contribution >= 4 is 34.4 Å². The molecule has 0 saturated carbocycles. The van der Waals surface area contributed by atoms with Crippen LogP contribution in [0.2, 0.25) is 0 Å². The molecule has 1 aromatic carbocycles. The van der Waals surface area contributed by atoms with Crippen molar-refractivity contribution in [2.75, 3.05) is 18.4 Å². The van der Waals surface area contributed by atoms with Crippen LogP contribution in [0, 0.1) is 13.8 Å². The van der Waals surface area contributed by atoms with Crippen LogP contribution < -0.4 is 5.32 Å². The molecule has 2 heterocycles. The Balaban J connectivity index is 1.62. The summed E-state index contributed by atoms with van der Waals surface area (Å²) in [4.78, 5) is 30.2. The van der Waals surface area contributed by atoms with Crippen LogP contribution in [0.1, 0.15) is 17.5 Å². The van der Waals surface area contributed by atoms with Crippen molar-refractivity contribution in [3.63, 3.8) is 0 Å². The summed E-state index contributed by atoms with van der Waals surface area (Å²) < 4.78 is 0. The number of hydrogen-bond acceptors (Lipinski definition) is 4. The first-order valence-corrected chi connectivity index (χ1v) is 7.82. The second kappa shape index (κ2) is 5.52. The second-order valence-electron chi connectivity index (χ2n) is 5.31. The molecule has 0 radical (unpaired) electrons. The van der Waals surface area contributed by atoms with Crippen molar-refractivity contribution < 1.29 is 9.59 Å². The third-order valence-electron chi connectivity index (χ3n) is 3.75. The average molecular weight is 303 g/mol. The highest BCUT2D eigenvalue weighted by Crippen LogP contribution is 2.31. The van der Waals surface area contributed by atoms with Crippen molar-refractivity contribution in [3.8, 4) is 0 Å². The Bertz CT molecular complexity index is 642. The number of hydrogen-bond donors (Lipinski definition) is 1. The molecule has 2 amide bonds. The minimum atomic E-state index is -0.337. The number of nitrogens with zero attached hydrogens (tertiary/aromatic N) is 2. The van der Waals surface area contributed by atoms with E-state index < -0.39 is 0 Å². The standard InChI is InChI=1S/C15H17N3O2S/c1-9-3-4-11(7-10(9)2)17-13(19)8-12-14(20)18-6-5-16-15(18)21-12/h3-4,7,12H,5-6,8H2,1-2H3,(H,17,19)/t12-/m1/s1. The van der Waals surface area contributed by atoms with Gasteiger partial charge in [0.15, 0.2) is 5.17 Å². The second-order valence-corrected chi connectivity index (χ2v) is 6.48. The predicted octanol–water partition coefficient (Wildman–Crippen LogP) is 1.95. The van der Waals surface area contributed by atoms with Gasteiger partial charge in [0.1, 0.15) is 5.25 Å². The van der Waals surface area contributed by atoms with Gasteiger partial charge in [-0.25, -0.2) is 0 Å². The van der Waals surface area contributed by atoms with Gasteiger partial charge in [-0.2, -0.15) is 0 Å². The molecule has 2 aliphatic heterocycles. The molecule has 0 bridgehead atoms. The van der Waals surface area contributed by atoms with Gasteiger partial charge in [-0.15, -0.1) is 0 Å². The van der Waals surface area contributed by atoms with E-state index >= 15 is 0 Å². The Morgan fingerprint density at radius 1 is 1.43 bits per heavy atom. The van der Waals surface area contributed by atoms with E-state index in [9.17, 15) is 9.59 Å². The topological polar surface area (TPSA) is 61.8 Å². The van der Waals surface area contributed by atoms with Crippen LogP contribution in [0.5, 0.6) is 0 Å². The quantitative estimate of drug-likeness (QED) is 0.928. The van der Waals surface area contributed by atoms with Crippen molar-refractivity contribution in [2.24, 2.45) is 4.99 Å². The van der Waals surface area contributed by atoms with Gasteiger partial charge >= 0.3 is 0 Å². The van der Waals surface area contributed by atoms with Gasteiger partial charge in [0.2, 0.25) is 11.8 Å². The summed E-state index contributed by atoms with van der Waals surface area (Å²) in [6, 6.07) is 5.80. The zero-order chi connectivity index (χ0) is 15.0. The van der Waals surface area contributed by atoms with E-state index in [0.717, 1.165) is 16.4 Å². The number of fused-ring (bicyclic) bond motifs is 1. The zero-order valence-electron chi connectivity index (χ0n) is 12.0. The van der Waals surface area contributed by atoms with Crippen LogP contribution in [0.4, 0.5) is 5.69 Å². The summed E-state index contributed by atoms with van der Waals surface area (Å²) in [6.45, 7) is 5.36. The normalized spacial score (nSPS) is 20.5. The number of anilines is 1. The Hall–Kier alpha value is -1.82. The summed E-state index contributed by atoms with van der Waals surface area (Å²) in [5.74, 6) is -0.127. The maximum atomic E-state index is 12.1. The number of rotatable bonds is 3.